The van der Waals surface area contributed by atoms with Crippen LogP contribution >= 0.6 is 22.9 Å². The summed E-state index contributed by atoms with van der Waals surface area (Å²) in [5, 5.41) is 2.79. The van der Waals surface area contributed by atoms with Crippen molar-refractivity contribution in [1.29, 1.82) is 0 Å². The Morgan fingerprint density at radius 1 is 1.24 bits per heavy atom. The maximum atomic E-state index is 11.8. The molecule has 0 aliphatic rings. The molecule has 5 nitrogen and oxygen atoms in total. The highest BCUT2D eigenvalue weighted by Crippen LogP contribution is 2.31. The number of fused-ring (bicyclic) bond motifs is 1. The van der Waals surface area contributed by atoms with E-state index in [2.05, 4.69) is 5.32 Å². The van der Waals surface area contributed by atoms with E-state index in [0.29, 0.717) is 16.0 Å². The molecule has 0 radical (unpaired) electrons. The summed E-state index contributed by atoms with van der Waals surface area (Å²) in [6.45, 7) is 0. The van der Waals surface area contributed by atoms with Crippen molar-refractivity contribution in [2.24, 2.45) is 0 Å². The number of rotatable bonds is 2. The molecule has 0 saturated heterocycles. The molecule has 0 spiro atoms. The van der Waals surface area contributed by atoms with Crippen LogP contribution in [0.4, 0.5) is 10.5 Å². The number of carbonyl (C=O) groups is 1. The van der Waals surface area contributed by atoms with E-state index in [1.807, 2.05) is 6.07 Å². The van der Waals surface area contributed by atoms with Crippen LogP contribution in [0.1, 0.15) is 0 Å². The third-order valence-corrected chi connectivity index (χ3v) is 3.69. The second-order valence-electron chi connectivity index (χ2n) is 4.06. The van der Waals surface area contributed by atoms with Crippen molar-refractivity contribution < 1.29 is 13.9 Å². The average Bonchev–Trinajstić information content (AvgIpc) is 2.79. The van der Waals surface area contributed by atoms with Gasteiger partial charge in [-0.1, -0.05) is 41.1 Å². The van der Waals surface area contributed by atoms with Crippen LogP contribution in [-0.4, -0.2) is 6.09 Å². The number of anilines is 1. The van der Waals surface area contributed by atoms with Gasteiger partial charge in [0.05, 0.1) is 9.72 Å². The number of amides is 1. The van der Waals surface area contributed by atoms with Gasteiger partial charge in [-0.15, -0.1) is 0 Å². The lowest BCUT2D eigenvalue weighted by molar-refractivity contribution is 0.215. The summed E-state index contributed by atoms with van der Waals surface area (Å²) in [7, 11) is 0. The fraction of sp³-hybridized carbons (Fsp3) is 0. The van der Waals surface area contributed by atoms with E-state index in [-0.39, 0.29) is 10.8 Å². The predicted octanol–water partition coefficient (Wildman–Crippen LogP) is 4.12. The minimum Gasteiger partial charge on any atom is -0.414 e. The van der Waals surface area contributed by atoms with Gasteiger partial charge in [-0.2, -0.15) is 0 Å². The van der Waals surface area contributed by atoms with Gasteiger partial charge in [0.15, 0.2) is 11.3 Å². The van der Waals surface area contributed by atoms with Crippen LogP contribution in [0, 0.1) is 0 Å². The average molecular weight is 322 g/mol. The number of benzene rings is 2. The number of para-hydroxylation sites is 1. The molecule has 3 rings (SSSR count). The number of hydrogen-bond acceptors (Lipinski definition) is 5. The quantitative estimate of drug-likeness (QED) is 0.771. The summed E-state index contributed by atoms with van der Waals surface area (Å²) in [4.78, 5) is 22.5. The van der Waals surface area contributed by atoms with Gasteiger partial charge in [0.25, 0.3) is 0 Å². The molecule has 0 fully saturated rings. The van der Waals surface area contributed by atoms with Gasteiger partial charge in [-0.3, -0.25) is 5.32 Å². The molecular formula is C14H8ClNO4S. The van der Waals surface area contributed by atoms with Gasteiger partial charge in [0, 0.05) is 11.8 Å². The molecule has 1 N–H and O–H groups in total. The number of carbonyl (C=O) groups excluding carboxylic acids is 1. The molecule has 1 amide bonds. The number of ether oxygens (including phenoxy) is 1. The summed E-state index contributed by atoms with van der Waals surface area (Å²) in [6, 6.07) is 11.8. The Bertz CT molecular complexity index is 856. The van der Waals surface area contributed by atoms with Crippen molar-refractivity contribution in [2.45, 2.75) is 0 Å². The van der Waals surface area contributed by atoms with Crippen LogP contribution < -0.4 is 15.0 Å². The predicted molar refractivity (Wildman–Crippen MR) is 81.5 cm³/mol. The van der Waals surface area contributed by atoms with Crippen LogP contribution in [0.5, 0.6) is 5.75 Å². The van der Waals surface area contributed by atoms with E-state index < -0.39 is 11.0 Å². The second kappa shape index (κ2) is 5.59. The zero-order valence-electron chi connectivity index (χ0n) is 10.5. The molecule has 0 saturated carbocycles. The molecule has 1 heterocycles. The van der Waals surface area contributed by atoms with Crippen LogP contribution in [-0.2, 0) is 0 Å². The standard InChI is InChI=1S/C14H8ClNO4S/c15-9-6-12-11(20-14(18)21-12)7-10(9)19-13(17)16-8-4-2-1-3-5-8/h1-7H,(H,16,17). The number of hydrogen-bond donors (Lipinski definition) is 1. The fourth-order valence-corrected chi connectivity index (χ4v) is 2.68. The highest BCUT2D eigenvalue weighted by Gasteiger charge is 2.12. The summed E-state index contributed by atoms with van der Waals surface area (Å²) >= 11 is 6.95. The van der Waals surface area contributed by atoms with Crippen molar-refractivity contribution in [3.05, 3.63) is 57.2 Å². The first-order chi connectivity index (χ1) is 10.1. The summed E-state index contributed by atoms with van der Waals surface area (Å²) in [6.07, 6.45) is -0.681. The van der Waals surface area contributed by atoms with E-state index in [1.54, 1.807) is 24.3 Å². The molecule has 0 unspecified atom stereocenters. The smallest absolute Gasteiger partial charge is 0.414 e. The van der Waals surface area contributed by atoms with Gasteiger partial charge >= 0.3 is 11.0 Å². The third-order valence-electron chi connectivity index (χ3n) is 2.61. The Morgan fingerprint density at radius 2 is 2.00 bits per heavy atom. The number of halogens is 1. The molecular weight excluding hydrogens is 314 g/mol. The molecule has 106 valence electrons. The lowest BCUT2D eigenvalue weighted by Gasteiger charge is -2.07. The number of nitrogens with one attached hydrogen (secondary N) is 1. The molecule has 1 aromatic heterocycles. The first-order valence-electron chi connectivity index (χ1n) is 5.89. The fourth-order valence-electron chi connectivity index (χ4n) is 1.72. The van der Waals surface area contributed by atoms with Crippen molar-refractivity contribution in [1.82, 2.24) is 0 Å². The summed E-state index contributed by atoms with van der Waals surface area (Å²) in [5.74, 6) is 0.124. The van der Waals surface area contributed by atoms with E-state index >= 15 is 0 Å². The Labute approximate surface area is 127 Å². The van der Waals surface area contributed by atoms with Crippen molar-refractivity contribution in [3.8, 4) is 5.75 Å². The molecule has 0 bridgehead atoms. The summed E-state index contributed by atoms with van der Waals surface area (Å²) < 4.78 is 10.7. The van der Waals surface area contributed by atoms with Gasteiger partial charge < -0.3 is 9.15 Å². The zero-order valence-corrected chi connectivity index (χ0v) is 12.0. The molecule has 0 aliphatic carbocycles. The van der Waals surface area contributed by atoms with E-state index in [0.717, 1.165) is 11.3 Å². The third kappa shape index (κ3) is 3.07. The van der Waals surface area contributed by atoms with Crippen molar-refractivity contribution >= 4 is 45.0 Å². The van der Waals surface area contributed by atoms with E-state index in [4.69, 9.17) is 20.8 Å². The topological polar surface area (TPSA) is 68.5 Å². The van der Waals surface area contributed by atoms with Crippen LogP contribution in [0.2, 0.25) is 5.02 Å². The minimum absolute atomic E-state index is 0.124. The Hall–Kier alpha value is -2.31. The molecule has 0 aliphatic heterocycles. The van der Waals surface area contributed by atoms with Crippen LogP contribution in [0.3, 0.4) is 0 Å². The van der Waals surface area contributed by atoms with E-state index in [1.165, 1.54) is 12.1 Å². The molecule has 3 aromatic rings. The Balaban J connectivity index is 1.82. The van der Waals surface area contributed by atoms with Crippen LogP contribution in [0.15, 0.2) is 51.7 Å². The zero-order chi connectivity index (χ0) is 14.8. The van der Waals surface area contributed by atoms with Crippen LogP contribution in [0.25, 0.3) is 10.3 Å². The monoisotopic (exact) mass is 321 g/mol. The first kappa shape index (κ1) is 13.7. The highest BCUT2D eigenvalue weighted by atomic mass is 35.5. The lowest BCUT2D eigenvalue weighted by Crippen LogP contribution is -2.16. The highest BCUT2D eigenvalue weighted by molar-refractivity contribution is 7.16. The SMILES string of the molecule is O=C(Nc1ccccc1)Oc1cc2oc(=O)sc2cc1Cl. The van der Waals surface area contributed by atoms with Gasteiger partial charge in [-0.05, 0) is 18.2 Å². The van der Waals surface area contributed by atoms with Gasteiger partial charge in [0.1, 0.15) is 0 Å². The Kier molecular flexibility index (Phi) is 3.64. The molecule has 7 heteroatoms. The largest absolute Gasteiger partial charge is 0.417 e. The lowest BCUT2D eigenvalue weighted by atomic mass is 10.3. The molecule has 0 atom stereocenters. The van der Waals surface area contributed by atoms with Gasteiger partial charge in [0.2, 0.25) is 0 Å². The molecule has 21 heavy (non-hydrogen) atoms. The minimum atomic E-state index is -0.681. The maximum absolute atomic E-state index is 11.8. The second-order valence-corrected chi connectivity index (χ2v) is 5.45. The first-order valence-corrected chi connectivity index (χ1v) is 7.08. The van der Waals surface area contributed by atoms with Crippen molar-refractivity contribution in [2.75, 3.05) is 5.32 Å². The van der Waals surface area contributed by atoms with Crippen molar-refractivity contribution in [3.63, 3.8) is 0 Å². The molecule has 2 aromatic carbocycles. The Morgan fingerprint density at radius 3 is 2.76 bits per heavy atom. The summed E-state index contributed by atoms with van der Waals surface area (Å²) in [5.41, 5.74) is 0.929. The normalized spacial score (nSPS) is 10.5. The van der Waals surface area contributed by atoms with E-state index in [9.17, 15) is 9.59 Å². The van der Waals surface area contributed by atoms with Gasteiger partial charge in [-0.25, -0.2) is 9.59 Å². The maximum Gasteiger partial charge on any atom is 0.417 e.